The molecule has 0 aromatic carbocycles. The number of nitrogens with zero attached hydrogens (tertiary/aromatic N) is 1. The number of unbranched alkanes of at least 4 members (excludes halogenated alkanes) is 5. The maximum absolute atomic E-state index is 12.1. The molecule has 0 aromatic heterocycles. The molecule has 0 amide bonds. The molecule has 0 spiro atoms. The lowest BCUT2D eigenvalue weighted by Crippen LogP contribution is -2.24. The number of Topliss-reactive ketones (excluding diaryl/α,β-unsaturated/α-hetero) is 1. The summed E-state index contributed by atoms with van der Waals surface area (Å²) < 4.78 is 0. The first kappa shape index (κ1) is 18.7. The van der Waals surface area contributed by atoms with Crippen molar-refractivity contribution >= 4 is 18.2 Å². The molecule has 19 heavy (non-hydrogen) atoms. The number of carbonyl (C=O) groups excluding carboxylic acids is 1. The smallest absolute Gasteiger partial charge is 0.162 e. The van der Waals surface area contributed by atoms with Crippen LogP contribution in [0, 0.1) is 5.92 Å². The van der Waals surface area contributed by atoms with Gasteiger partial charge in [0.15, 0.2) is 5.78 Å². The van der Waals surface area contributed by atoms with E-state index < -0.39 is 0 Å². The summed E-state index contributed by atoms with van der Waals surface area (Å²) in [5.41, 5.74) is 1.11. The van der Waals surface area contributed by atoms with E-state index in [1.807, 2.05) is 14.1 Å². The van der Waals surface area contributed by atoms with Crippen LogP contribution >= 0.6 is 12.4 Å². The van der Waals surface area contributed by atoms with Crippen molar-refractivity contribution in [3.8, 4) is 0 Å². The summed E-state index contributed by atoms with van der Waals surface area (Å²) >= 11 is 0. The molecule has 1 unspecified atom stereocenters. The minimum Gasteiger partial charge on any atom is -0.309 e. The molecule has 112 valence electrons. The Balaban J connectivity index is 0.00000324. The van der Waals surface area contributed by atoms with Crippen LogP contribution in [0.2, 0.25) is 0 Å². The monoisotopic (exact) mass is 287 g/mol. The van der Waals surface area contributed by atoms with Gasteiger partial charge in [0.1, 0.15) is 0 Å². The number of carbonyl (C=O) groups is 1. The van der Waals surface area contributed by atoms with E-state index in [4.69, 9.17) is 0 Å². The van der Waals surface area contributed by atoms with Crippen molar-refractivity contribution in [2.24, 2.45) is 5.92 Å². The fraction of sp³-hybridized carbons (Fsp3) is 0.812. The molecular formula is C16H30ClNO. The van der Waals surface area contributed by atoms with E-state index in [2.05, 4.69) is 17.9 Å². The predicted octanol–water partition coefficient (Wildman–Crippen LogP) is 4.24. The average molecular weight is 288 g/mol. The van der Waals surface area contributed by atoms with Gasteiger partial charge in [0.05, 0.1) is 0 Å². The van der Waals surface area contributed by atoms with Crippen molar-refractivity contribution < 1.29 is 4.79 Å². The van der Waals surface area contributed by atoms with Gasteiger partial charge in [-0.3, -0.25) is 4.79 Å². The first-order valence-corrected chi connectivity index (χ1v) is 7.53. The second-order valence-corrected chi connectivity index (χ2v) is 5.79. The van der Waals surface area contributed by atoms with E-state index in [0.717, 1.165) is 31.4 Å². The highest BCUT2D eigenvalue weighted by atomic mass is 35.5. The standard InChI is InChI=1S/C16H29NO.ClH/c1-4-5-6-7-8-9-10-14-11-12-15(16(14)18)13-17(2)3;/h10,15H,4-9,11-13H2,1-3H3;1H/b14-10+;. The Hall–Kier alpha value is -0.340. The second kappa shape index (κ2) is 10.4. The molecule has 1 aliphatic rings. The summed E-state index contributed by atoms with van der Waals surface area (Å²) in [5.74, 6) is 0.670. The molecular weight excluding hydrogens is 258 g/mol. The lowest BCUT2D eigenvalue weighted by molar-refractivity contribution is -0.118. The van der Waals surface area contributed by atoms with Crippen molar-refractivity contribution in [2.45, 2.75) is 58.3 Å². The molecule has 0 aliphatic heterocycles. The van der Waals surface area contributed by atoms with Crippen LogP contribution in [0.15, 0.2) is 11.6 Å². The molecule has 0 heterocycles. The summed E-state index contributed by atoms with van der Waals surface area (Å²) in [6, 6.07) is 0. The largest absolute Gasteiger partial charge is 0.309 e. The molecule has 1 aliphatic carbocycles. The Morgan fingerprint density at radius 3 is 2.53 bits per heavy atom. The van der Waals surface area contributed by atoms with Gasteiger partial charge < -0.3 is 4.90 Å². The fourth-order valence-corrected chi connectivity index (χ4v) is 2.69. The van der Waals surface area contributed by atoms with Crippen molar-refractivity contribution in [3.05, 3.63) is 11.6 Å². The third-order valence-electron chi connectivity index (χ3n) is 3.73. The van der Waals surface area contributed by atoms with Gasteiger partial charge in [0.2, 0.25) is 0 Å². The summed E-state index contributed by atoms with van der Waals surface area (Å²) in [6.07, 6.45) is 11.9. The summed E-state index contributed by atoms with van der Waals surface area (Å²) in [6.45, 7) is 3.15. The Morgan fingerprint density at radius 1 is 1.21 bits per heavy atom. The molecule has 0 saturated heterocycles. The topological polar surface area (TPSA) is 20.3 Å². The Kier molecular flexibility index (Phi) is 10.3. The number of halogens is 1. The number of rotatable bonds is 8. The summed E-state index contributed by atoms with van der Waals surface area (Å²) in [7, 11) is 4.09. The van der Waals surface area contributed by atoms with Crippen molar-refractivity contribution in [3.63, 3.8) is 0 Å². The lowest BCUT2D eigenvalue weighted by Gasteiger charge is -2.13. The molecule has 0 aromatic rings. The maximum atomic E-state index is 12.1. The van der Waals surface area contributed by atoms with Crippen LogP contribution in [-0.2, 0) is 4.79 Å². The van der Waals surface area contributed by atoms with Crippen LogP contribution in [-0.4, -0.2) is 31.3 Å². The van der Waals surface area contributed by atoms with Crippen LogP contribution in [0.4, 0.5) is 0 Å². The number of allylic oxidation sites excluding steroid dienone is 2. The molecule has 0 bridgehead atoms. The third kappa shape index (κ3) is 7.12. The average Bonchev–Trinajstić information content (AvgIpc) is 2.65. The third-order valence-corrected chi connectivity index (χ3v) is 3.73. The molecule has 0 N–H and O–H groups in total. The Morgan fingerprint density at radius 2 is 1.89 bits per heavy atom. The second-order valence-electron chi connectivity index (χ2n) is 5.79. The fourth-order valence-electron chi connectivity index (χ4n) is 2.69. The molecule has 0 radical (unpaired) electrons. The zero-order valence-electron chi connectivity index (χ0n) is 12.8. The van der Waals surface area contributed by atoms with Gasteiger partial charge in [-0.05, 0) is 45.4 Å². The Labute approximate surface area is 125 Å². The molecule has 3 heteroatoms. The lowest BCUT2D eigenvalue weighted by atomic mass is 10.0. The van der Waals surface area contributed by atoms with Gasteiger partial charge in [-0.25, -0.2) is 0 Å². The van der Waals surface area contributed by atoms with Crippen LogP contribution in [0.5, 0.6) is 0 Å². The van der Waals surface area contributed by atoms with E-state index in [-0.39, 0.29) is 18.3 Å². The highest BCUT2D eigenvalue weighted by molar-refractivity contribution is 5.99. The normalized spacial score (nSPS) is 21.2. The van der Waals surface area contributed by atoms with Gasteiger partial charge in [0.25, 0.3) is 0 Å². The zero-order chi connectivity index (χ0) is 13.4. The molecule has 1 saturated carbocycles. The van der Waals surface area contributed by atoms with Crippen LogP contribution in [0.3, 0.4) is 0 Å². The van der Waals surface area contributed by atoms with Gasteiger partial charge in [-0.1, -0.05) is 38.7 Å². The number of ketones is 1. The maximum Gasteiger partial charge on any atom is 0.162 e. The van der Waals surface area contributed by atoms with Gasteiger partial charge in [-0.15, -0.1) is 12.4 Å². The zero-order valence-corrected chi connectivity index (χ0v) is 13.6. The van der Waals surface area contributed by atoms with E-state index in [0.29, 0.717) is 5.78 Å². The van der Waals surface area contributed by atoms with Crippen LogP contribution in [0.1, 0.15) is 58.3 Å². The summed E-state index contributed by atoms with van der Waals surface area (Å²) in [5, 5.41) is 0. The predicted molar refractivity (Wildman–Crippen MR) is 85.0 cm³/mol. The first-order chi connectivity index (χ1) is 8.65. The van der Waals surface area contributed by atoms with Gasteiger partial charge >= 0.3 is 0 Å². The van der Waals surface area contributed by atoms with Gasteiger partial charge in [0, 0.05) is 12.5 Å². The highest BCUT2D eigenvalue weighted by Gasteiger charge is 2.28. The number of hydrogen-bond donors (Lipinski definition) is 0. The SMILES string of the molecule is CCCCCCC/C=C1\CCC(CN(C)C)C1=O.Cl. The van der Waals surface area contributed by atoms with E-state index in [1.165, 1.54) is 32.1 Å². The van der Waals surface area contributed by atoms with Crippen LogP contribution < -0.4 is 0 Å². The summed E-state index contributed by atoms with van der Waals surface area (Å²) in [4.78, 5) is 14.2. The first-order valence-electron chi connectivity index (χ1n) is 7.53. The molecule has 2 nitrogen and oxygen atoms in total. The Bertz CT molecular complexity index is 286. The molecule has 1 fully saturated rings. The molecule has 1 rings (SSSR count). The van der Waals surface area contributed by atoms with E-state index >= 15 is 0 Å². The quantitative estimate of drug-likeness (QED) is 0.492. The van der Waals surface area contributed by atoms with E-state index in [1.54, 1.807) is 0 Å². The van der Waals surface area contributed by atoms with Crippen LogP contribution in [0.25, 0.3) is 0 Å². The van der Waals surface area contributed by atoms with Crippen molar-refractivity contribution in [1.82, 2.24) is 4.90 Å². The molecule has 1 atom stereocenters. The van der Waals surface area contributed by atoms with E-state index in [9.17, 15) is 4.79 Å². The van der Waals surface area contributed by atoms with Crippen molar-refractivity contribution in [2.75, 3.05) is 20.6 Å². The highest BCUT2D eigenvalue weighted by Crippen LogP contribution is 2.27. The minimum atomic E-state index is 0. The number of hydrogen-bond acceptors (Lipinski definition) is 2. The van der Waals surface area contributed by atoms with Crippen molar-refractivity contribution in [1.29, 1.82) is 0 Å². The minimum absolute atomic E-state index is 0. The van der Waals surface area contributed by atoms with Gasteiger partial charge in [-0.2, -0.15) is 0 Å².